The summed E-state index contributed by atoms with van der Waals surface area (Å²) in [5.41, 5.74) is -0.704. The number of carboxylic acid groups (broad SMARTS) is 1. The number of carbonyl (C=O) groups is 2. The van der Waals surface area contributed by atoms with Gasteiger partial charge < -0.3 is 34.3 Å². The molecule has 12 heteroatoms. The van der Waals surface area contributed by atoms with Gasteiger partial charge in [0.1, 0.15) is 11.7 Å². The quantitative estimate of drug-likeness (QED) is 0.423. The molecule has 0 aliphatic carbocycles. The lowest BCUT2D eigenvalue weighted by molar-refractivity contribution is -0.255. The van der Waals surface area contributed by atoms with Crippen molar-refractivity contribution in [3.63, 3.8) is 0 Å². The summed E-state index contributed by atoms with van der Waals surface area (Å²) < 4.78 is 6.45. The number of hydrogen-bond acceptors (Lipinski definition) is 9. The SMILES string of the molecule is CCn1cc(C(=O)[O-])c(=O)c2cnc(N3CCN(C(=S)N[C@H](C(=O)OC)C(C)C)CC3)nc21. The fourth-order valence-electron chi connectivity index (χ4n) is 3.66. The van der Waals surface area contributed by atoms with Crippen molar-refractivity contribution in [1.82, 2.24) is 24.8 Å². The number of aromatic nitrogens is 3. The van der Waals surface area contributed by atoms with Crippen molar-refractivity contribution in [2.24, 2.45) is 5.92 Å². The van der Waals surface area contributed by atoms with Crippen LogP contribution in [0.2, 0.25) is 0 Å². The summed E-state index contributed by atoms with van der Waals surface area (Å²) in [5.74, 6) is -1.44. The summed E-state index contributed by atoms with van der Waals surface area (Å²) in [6.07, 6.45) is 2.62. The van der Waals surface area contributed by atoms with Gasteiger partial charge in [-0.2, -0.15) is 4.98 Å². The Morgan fingerprint density at radius 3 is 2.48 bits per heavy atom. The van der Waals surface area contributed by atoms with Crippen LogP contribution in [0.1, 0.15) is 31.1 Å². The average Bonchev–Trinajstić information content (AvgIpc) is 2.81. The summed E-state index contributed by atoms with van der Waals surface area (Å²) in [6, 6.07) is -0.527. The number of rotatable bonds is 6. The van der Waals surface area contributed by atoms with E-state index in [1.54, 1.807) is 4.57 Å². The first-order valence-electron chi connectivity index (χ1n) is 10.7. The Labute approximate surface area is 196 Å². The maximum atomic E-state index is 12.5. The lowest BCUT2D eigenvalue weighted by atomic mass is 10.1. The van der Waals surface area contributed by atoms with E-state index in [1.807, 2.05) is 30.6 Å². The number of hydrogen-bond donors (Lipinski definition) is 1. The topological polar surface area (TPSA) is 133 Å². The van der Waals surface area contributed by atoms with Crippen LogP contribution in [0.15, 0.2) is 17.2 Å². The first-order valence-corrected chi connectivity index (χ1v) is 11.1. The lowest BCUT2D eigenvalue weighted by Crippen LogP contribution is -2.56. The number of aryl methyl sites for hydroxylation is 1. The zero-order chi connectivity index (χ0) is 24.3. The number of aromatic carboxylic acids is 1. The molecule has 0 unspecified atom stereocenters. The number of pyridine rings is 1. The highest BCUT2D eigenvalue weighted by Gasteiger charge is 2.27. The summed E-state index contributed by atoms with van der Waals surface area (Å²) in [7, 11) is 1.35. The Balaban J connectivity index is 1.75. The van der Waals surface area contributed by atoms with Gasteiger partial charge in [-0.3, -0.25) is 4.79 Å². The van der Waals surface area contributed by atoms with Gasteiger partial charge in [-0.05, 0) is 25.1 Å². The van der Waals surface area contributed by atoms with Crippen LogP contribution in [0.4, 0.5) is 5.95 Å². The van der Waals surface area contributed by atoms with Crippen LogP contribution >= 0.6 is 12.2 Å². The predicted octanol–water partition coefficient (Wildman–Crippen LogP) is -0.631. The molecule has 33 heavy (non-hydrogen) atoms. The molecule has 0 radical (unpaired) electrons. The second-order valence-corrected chi connectivity index (χ2v) is 8.41. The number of esters is 1. The molecule has 1 aliphatic heterocycles. The van der Waals surface area contributed by atoms with E-state index in [1.165, 1.54) is 19.5 Å². The van der Waals surface area contributed by atoms with Crippen molar-refractivity contribution in [2.45, 2.75) is 33.4 Å². The number of methoxy groups -OCH3 is 1. The number of thiocarbonyl (C=S) groups is 1. The van der Waals surface area contributed by atoms with E-state index >= 15 is 0 Å². The van der Waals surface area contributed by atoms with Crippen molar-refractivity contribution >= 4 is 46.3 Å². The first-order chi connectivity index (χ1) is 15.7. The first kappa shape index (κ1) is 24.4. The maximum absolute atomic E-state index is 12.5. The van der Waals surface area contributed by atoms with Gasteiger partial charge in [0.25, 0.3) is 0 Å². The van der Waals surface area contributed by atoms with E-state index in [-0.39, 0.29) is 17.3 Å². The summed E-state index contributed by atoms with van der Waals surface area (Å²) in [6.45, 7) is 8.41. The van der Waals surface area contributed by atoms with Crippen LogP contribution in [0.25, 0.3) is 11.0 Å². The van der Waals surface area contributed by atoms with Gasteiger partial charge in [0.2, 0.25) is 11.4 Å². The average molecular weight is 476 g/mol. The second kappa shape index (κ2) is 10.1. The van der Waals surface area contributed by atoms with Gasteiger partial charge in [0, 0.05) is 45.1 Å². The number of anilines is 1. The number of carbonyl (C=O) groups excluding carboxylic acids is 2. The molecule has 1 saturated heterocycles. The van der Waals surface area contributed by atoms with Crippen molar-refractivity contribution in [3.8, 4) is 0 Å². The minimum atomic E-state index is -1.53. The van der Waals surface area contributed by atoms with Crippen LogP contribution in [0, 0.1) is 5.92 Å². The normalized spacial score (nSPS) is 14.9. The molecule has 2 aromatic heterocycles. The van der Waals surface area contributed by atoms with Gasteiger partial charge in [0.15, 0.2) is 5.11 Å². The van der Waals surface area contributed by atoms with E-state index < -0.39 is 23.0 Å². The molecule has 178 valence electrons. The van der Waals surface area contributed by atoms with Crippen LogP contribution < -0.4 is 20.8 Å². The number of piperazine rings is 1. The van der Waals surface area contributed by atoms with Crippen molar-refractivity contribution in [2.75, 3.05) is 38.2 Å². The fraction of sp³-hybridized carbons (Fsp3) is 0.524. The van der Waals surface area contributed by atoms with Gasteiger partial charge in [-0.15, -0.1) is 0 Å². The zero-order valence-electron chi connectivity index (χ0n) is 19.0. The molecule has 1 fully saturated rings. The lowest BCUT2D eigenvalue weighted by Gasteiger charge is -2.37. The monoisotopic (exact) mass is 475 g/mol. The van der Waals surface area contributed by atoms with Gasteiger partial charge in [-0.1, -0.05) is 13.8 Å². The van der Waals surface area contributed by atoms with Gasteiger partial charge in [-0.25, -0.2) is 9.78 Å². The molecule has 0 bridgehead atoms. The number of fused-ring (bicyclic) bond motifs is 1. The van der Waals surface area contributed by atoms with Gasteiger partial charge in [0.05, 0.1) is 24.0 Å². The molecule has 0 spiro atoms. The van der Waals surface area contributed by atoms with Crippen LogP contribution in [-0.4, -0.2) is 75.8 Å². The zero-order valence-corrected chi connectivity index (χ0v) is 19.8. The second-order valence-electron chi connectivity index (χ2n) is 8.02. The summed E-state index contributed by atoms with van der Waals surface area (Å²) >= 11 is 5.50. The van der Waals surface area contributed by atoms with E-state index in [2.05, 4.69) is 15.3 Å². The van der Waals surface area contributed by atoms with Crippen LogP contribution in [0.5, 0.6) is 0 Å². The minimum Gasteiger partial charge on any atom is -0.545 e. The van der Waals surface area contributed by atoms with E-state index in [9.17, 15) is 19.5 Å². The molecular weight excluding hydrogens is 448 g/mol. The van der Waals surface area contributed by atoms with E-state index in [0.717, 1.165) is 0 Å². The molecule has 0 amide bonds. The molecular formula is C21H27N6O5S-. The third-order valence-electron chi connectivity index (χ3n) is 5.61. The molecule has 3 rings (SSSR count). The fourth-order valence-corrected chi connectivity index (χ4v) is 3.97. The van der Waals surface area contributed by atoms with Gasteiger partial charge >= 0.3 is 5.97 Å². The Kier molecular flexibility index (Phi) is 7.46. The Bertz CT molecular complexity index is 1130. The Morgan fingerprint density at radius 1 is 1.27 bits per heavy atom. The highest BCUT2D eigenvalue weighted by molar-refractivity contribution is 7.80. The third kappa shape index (κ3) is 5.05. The molecule has 0 saturated carbocycles. The molecule has 1 aliphatic rings. The Hall–Kier alpha value is -3.28. The van der Waals surface area contributed by atoms with Crippen molar-refractivity contribution in [1.29, 1.82) is 0 Å². The minimum absolute atomic E-state index is 0.0104. The largest absolute Gasteiger partial charge is 0.545 e. The number of ether oxygens (including phenoxy) is 1. The Morgan fingerprint density at radius 2 is 1.94 bits per heavy atom. The van der Waals surface area contributed by atoms with Crippen molar-refractivity contribution < 1.29 is 19.4 Å². The summed E-state index contributed by atoms with van der Waals surface area (Å²) in [4.78, 5) is 48.5. The molecule has 1 N–H and O–H groups in total. The van der Waals surface area contributed by atoms with Crippen LogP contribution in [-0.2, 0) is 16.1 Å². The molecule has 3 heterocycles. The number of carboxylic acids is 1. The molecule has 1 atom stereocenters. The number of nitrogens with one attached hydrogen (secondary N) is 1. The van der Waals surface area contributed by atoms with E-state index in [0.29, 0.717) is 49.4 Å². The highest BCUT2D eigenvalue weighted by Crippen LogP contribution is 2.16. The molecule has 2 aromatic rings. The standard InChI is InChI=1S/C21H28N6O5S/c1-5-25-11-14(18(29)30)16(28)13-10-22-20(24-17(13)25)26-6-8-27(9-7-26)21(33)23-15(12(2)3)19(31)32-4/h10-12,15H,5-9H2,1-4H3,(H,23,33)(H,29,30)/p-1/t15-/m0/s1. The molecule has 0 aromatic carbocycles. The van der Waals surface area contributed by atoms with Crippen LogP contribution in [0.3, 0.4) is 0 Å². The molecule has 11 nitrogen and oxygen atoms in total. The summed E-state index contributed by atoms with van der Waals surface area (Å²) in [5, 5.41) is 15.0. The van der Waals surface area contributed by atoms with E-state index in [4.69, 9.17) is 17.0 Å². The van der Waals surface area contributed by atoms with Crippen molar-refractivity contribution in [3.05, 3.63) is 28.2 Å². The maximum Gasteiger partial charge on any atom is 0.328 e. The smallest absolute Gasteiger partial charge is 0.328 e. The number of nitrogens with zero attached hydrogens (tertiary/aromatic N) is 5. The third-order valence-corrected chi connectivity index (χ3v) is 5.99. The highest BCUT2D eigenvalue weighted by atomic mass is 32.1. The predicted molar refractivity (Wildman–Crippen MR) is 124 cm³/mol.